The summed E-state index contributed by atoms with van der Waals surface area (Å²) < 4.78 is 11.9. The topological polar surface area (TPSA) is 116 Å². The van der Waals surface area contributed by atoms with Crippen LogP contribution in [0, 0.1) is 0 Å². The summed E-state index contributed by atoms with van der Waals surface area (Å²) in [5.74, 6) is -0.0419. The Balaban J connectivity index is 1.77. The summed E-state index contributed by atoms with van der Waals surface area (Å²) in [6.45, 7) is 3.10. The molecule has 1 atom stereocenters. The number of anilines is 1. The number of hydrogen-bond donors (Lipinski definition) is 1. The van der Waals surface area contributed by atoms with E-state index in [1.165, 1.54) is 16.7 Å². The number of nitrogens with zero attached hydrogens (tertiary/aromatic N) is 4. The Kier molecular flexibility index (Phi) is 9.46. The first-order valence-corrected chi connectivity index (χ1v) is 12.2. The highest BCUT2D eigenvalue weighted by molar-refractivity contribution is 8.00. The maximum absolute atomic E-state index is 13.5. The number of methoxy groups -OCH3 is 1. The molecule has 2 aromatic carbocycles. The van der Waals surface area contributed by atoms with E-state index in [2.05, 4.69) is 15.5 Å². The maximum Gasteiger partial charge on any atom is 0.325 e. The first kappa shape index (κ1) is 26.7. The number of ether oxygens (including phenoxy) is 2. The molecule has 0 radical (unpaired) electrons. The molecule has 1 N–H and O–H groups in total. The zero-order valence-corrected chi connectivity index (χ0v) is 21.4. The molecule has 0 aliphatic rings. The minimum Gasteiger partial charge on any atom is -0.497 e. The zero-order chi connectivity index (χ0) is 26.1. The fourth-order valence-electron chi connectivity index (χ4n) is 3.32. The summed E-state index contributed by atoms with van der Waals surface area (Å²) in [5.41, 5.74) is 1.43. The summed E-state index contributed by atoms with van der Waals surface area (Å²) in [6, 6.07) is 16.4. The van der Waals surface area contributed by atoms with E-state index in [4.69, 9.17) is 9.47 Å². The molecule has 2 amide bonds. The predicted octanol–water partition coefficient (Wildman–Crippen LogP) is 2.68. The van der Waals surface area contributed by atoms with E-state index >= 15 is 0 Å². The Morgan fingerprint density at radius 1 is 1.08 bits per heavy atom. The minimum atomic E-state index is -0.587. The molecule has 36 heavy (non-hydrogen) atoms. The second-order valence-corrected chi connectivity index (χ2v) is 9.00. The van der Waals surface area contributed by atoms with Gasteiger partial charge in [-0.25, -0.2) is 0 Å². The Hall–Kier alpha value is -3.86. The lowest BCUT2D eigenvalue weighted by Gasteiger charge is -2.25. The summed E-state index contributed by atoms with van der Waals surface area (Å²) in [5, 5.41) is 11.0. The van der Waals surface area contributed by atoms with E-state index in [0.717, 1.165) is 5.56 Å². The number of thioether (sulfide) groups is 1. The molecule has 0 spiro atoms. The molecule has 0 bridgehead atoms. The van der Waals surface area contributed by atoms with Crippen molar-refractivity contribution in [1.29, 1.82) is 0 Å². The first-order valence-electron chi connectivity index (χ1n) is 11.3. The SMILES string of the molecule is CCOC(=O)CNC(=O)CN(C(=O)[C@@H](C)Sc1nnc(-c2ccccc2)n1C)c1ccc(OC)cc1. The number of carbonyl (C=O) groups is 3. The average Bonchev–Trinajstić information content (AvgIpc) is 3.26. The van der Waals surface area contributed by atoms with Gasteiger partial charge in [-0.15, -0.1) is 10.2 Å². The van der Waals surface area contributed by atoms with Crippen LogP contribution in [0.4, 0.5) is 5.69 Å². The number of hydrogen-bond acceptors (Lipinski definition) is 8. The second kappa shape index (κ2) is 12.7. The number of carbonyl (C=O) groups excluding carboxylic acids is 3. The van der Waals surface area contributed by atoms with Crippen molar-refractivity contribution in [3.8, 4) is 17.1 Å². The van der Waals surface area contributed by atoms with Crippen LogP contribution in [0.25, 0.3) is 11.4 Å². The average molecular weight is 512 g/mol. The number of esters is 1. The number of nitrogens with one attached hydrogen (secondary N) is 1. The van der Waals surface area contributed by atoms with Crippen LogP contribution in [0.5, 0.6) is 5.75 Å². The molecule has 0 unspecified atom stereocenters. The summed E-state index contributed by atoms with van der Waals surface area (Å²) in [7, 11) is 3.38. The van der Waals surface area contributed by atoms with Crippen molar-refractivity contribution in [3.63, 3.8) is 0 Å². The monoisotopic (exact) mass is 511 g/mol. The van der Waals surface area contributed by atoms with Crippen molar-refractivity contribution in [2.24, 2.45) is 7.05 Å². The fourth-order valence-corrected chi connectivity index (χ4v) is 4.20. The van der Waals surface area contributed by atoms with Gasteiger partial charge in [0, 0.05) is 18.3 Å². The van der Waals surface area contributed by atoms with Gasteiger partial charge in [-0.3, -0.25) is 14.4 Å². The summed E-state index contributed by atoms with van der Waals surface area (Å²) >= 11 is 1.24. The van der Waals surface area contributed by atoms with Crippen molar-refractivity contribution < 1.29 is 23.9 Å². The van der Waals surface area contributed by atoms with Crippen LogP contribution >= 0.6 is 11.8 Å². The Morgan fingerprint density at radius 3 is 2.42 bits per heavy atom. The molecular formula is C25H29N5O5S. The molecule has 3 aromatic rings. The molecule has 0 saturated heterocycles. The number of aromatic nitrogens is 3. The van der Waals surface area contributed by atoms with E-state index in [9.17, 15) is 14.4 Å². The summed E-state index contributed by atoms with van der Waals surface area (Å²) in [6.07, 6.45) is 0. The standard InChI is InChI=1S/C25H29N5O5S/c1-5-35-22(32)15-26-21(31)16-30(19-11-13-20(34-4)14-12-19)24(33)17(2)36-25-28-27-23(29(25)3)18-9-7-6-8-10-18/h6-14,17H,5,15-16H2,1-4H3,(H,26,31)/t17-/m1/s1. The van der Waals surface area contributed by atoms with E-state index in [1.807, 2.05) is 41.9 Å². The van der Waals surface area contributed by atoms with Gasteiger partial charge < -0.3 is 24.3 Å². The largest absolute Gasteiger partial charge is 0.497 e. The van der Waals surface area contributed by atoms with Gasteiger partial charge in [-0.2, -0.15) is 0 Å². The highest BCUT2D eigenvalue weighted by atomic mass is 32.2. The molecule has 11 heteroatoms. The van der Waals surface area contributed by atoms with Gasteiger partial charge in [0.1, 0.15) is 18.8 Å². The molecule has 1 heterocycles. The lowest BCUT2D eigenvalue weighted by molar-refractivity contribution is -0.143. The molecular weight excluding hydrogens is 482 g/mol. The summed E-state index contributed by atoms with van der Waals surface area (Å²) in [4.78, 5) is 39.1. The van der Waals surface area contributed by atoms with Crippen molar-refractivity contribution >= 4 is 35.2 Å². The molecule has 0 aliphatic carbocycles. The quantitative estimate of drug-likeness (QED) is 0.309. The Bertz CT molecular complexity index is 1180. The van der Waals surface area contributed by atoms with E-state index in [-0.39, 0.29) is 25.6 Å². The van der Waals surface area contributed by atoms with Crippen LogP contribution in [-0.2, 0) is 26.2 Å². The molecule has 0 saturated carbocycles. The second-order valence-electron chi connectivity index (χ2n) is 7.70. The van der Waals surface area contributed by atoms with Crippen molar-refractivity contribution in [3.05, 3.63) is 54.6 Å². The lowest BCUT2D eigenvalue weighted by atomic mass is 10.2. The highest BCUT2D eigenvalue weighted by Gasteiger charge is 2.27. The van der Waals surface area contributed by atoms with E-state index in [0.29, 0.717) is 22.4 Å². The smallest absolute Gasteiger partial charge is 0.325 e. The van der Waals surface area contributed by atoms with Crippen molar-refractivity contribution in [2.75, 3.05) is 31.7 Å². The van der Waals surface area contributed by atoms with Crippen molar-refractivity contribution in [2.45, 2.75) is 24.3 Å². The van der Waals surface area contributed by atoms with Gasteiger partial charge in [0.15, 0.2) is 11.0 Å². The van der Waals surface area contributed by atoms with Crippen LogP contribution in [0.3, 0.4) is 0 Å². The van der Waals surface area contributed by atoms with E-state index < -0.39 is 17.1 Å². The third-order valence-corrected chi connectivity index (χ3v) is 6.31. The lowest BCUT2D eigenvalue weighted by Crippen LogP contribution is -2.45. The third-order valence-electron chi connectivity index (χ3n) is 5.18. The number of benzene rings is 2. The van der Waals surface area contributed by atoms with Crippen molar-refractivity contribution in [1.82, 2.24) is 20.1 Å². The van der Waals surface area contributed by atoms with Gasteiger partial charge in [-0.1, -0.05) is 42.1 Å². The molecule has 190 valence electrons. The highest BCUT2D eigenvalue weighted by Crippen LogP contribution is 2.28. The van der Waals surface area contributed by atoms with Crippen LogP contribution in [0.2, 0.25) is 0 Å². The first-order chi connectivity index (χ1) is 17.3. The Labute approximate surface area is 214 Å². The zero-order valence-electron chi connectivity index (χ0n) is 20.6. The van der Waals surface area contributed by atoms with Crippen LogP contribution < -0.4 is 15.0 Å². The van der Waals surface area contributed by atoms with Gasteiger partial charge in [0.25, 0.3) is 0 Å². The Morgan fingerprint density at radius 2 is 1.78 bits per heavy atom. The minimum absolute atomic E-state index is 0.216. The van der Waals surface area contributed by atoms with Crippen LogP contribution in [0.15, 0.2) is 59.8 Å². The van der Waals surface area contributed by atoms with Crippen LogP contribution in [0.1, 0.15) is 13.8 Å². The van der Waals surface area contributed by atoms with Gasteiger partial charge in [0.05, 0.1) is 19.0 Å². The van der Waals surface area contributed by atoms with E-state index in [1.54, 1.807) is 45.2 Å². The normalized spacial score (nSPS) is 11.4. The molecule has 10 nitrogen and oxygen atoms in total. The van der Waals surface area contributed by atoms with Gasteiger partial charge in [0.2, 0.25) is 11.8 Å². The predicted molar refractivity (Wildman–Crippen MR) is 137 cm³/mol. The fraction of sp³-hybridized carbons (Fsp3) is 0.320. The maximum atomic E-state index is 13.5. The molecule has 0 aliphatic heterocycles. The van der Waals surface area contributed by atoms with Crippen LogP contribution in [-0.4, -0.2) is 64.6 Å². The number of rotatable bonds is 11. The molecule has 1 aromatic heterocycles. The number of amides is 2. The molecule has 3 rings (SSSR count). The molecule has 0 fully saturated rings. The van der Waals surface area contributed by atoms with Gasteiger partial charge >= 0.3 is 5.97 Å². The third kappa shape index (κ3) is 6.85. The van der Waals surface area contributed by atoms with Gasteiger partial charge in [-0.05, 0) is 38.1 Å².